The Morgan fingerprint density at radius 3 is 2.53 bits per heavy atom. The molecule has 0 aliphatic heterocycles. The van der Waals surface area contributed by atoms with Gasteiger partial charge in [-0.2, -0.15) is 0 Å². The van der Waals surface area contributed by atoms with Crippen molar-refractivity contribution in [1.82, 2.24) is 0 Å². The first-order valence-electron chi connectivity index (χ1n) is 5.84. The fraction of sp³-hybridized carbons (Fsp3) is 0.750. The topological polar surface area (TPSA) is 65.0 Å². The van der Waals surface area contributed by atoms with Crippen LogP contribution in [0.5, 0.6) is 0 Å². The third-order valence-electron chi connectivity index (χ3n) is 2.83. The fourth-order valence-corrected chi connectivity index (χ4v) is 1.59. The molecule has 0 aromatic heterocycles. The Morgan fingerprint density at radius 1 is 1.41 bits per heavy atom. The van der Waals surface area contributed by atoms with Crippen LogP contribution in [-0.4, -0.2) is 19.2 Å². The third kappa shape index (κ3) is 5.47. The van der Waals surface area contributed by atoms with Crippen LogP contribution in [0.1, 0.15) is 39.5 Å². The minimum Gasteiger partial charge on any atom is -0.466 e. The van der Waals surface area contributed by atoms with E-state index in [-0.39, 0.29) is 5.92 Å². The van der Waals surface area contributed by atoms with E-state index in [0.717, 1.165) is 19.3 Å². The lowest BCUT2D eigenvalue weighted by atomic mass is 9.92. The molecule has 17 heavy (non-hydrogen) atoms. The van der Waals surface area contributed by atoms with Crippen molar-refractivity contribution in [2.75, 3.05) is 7.11 Å². The summed E-state index contributed by atoms with van der Waals surface area (Å²) in [6.45, 7) is 7.53. The zero-order chi connectivity index (χ0) is 13.3. The number of ether oxygens (including phenoxy) is 1. The van der Waals surface area contributed by atoms with Crippen molar-refractivity contribution in [2.45, 2.75) is 45.6 Å². The summed E-state index contributed by atoms with van der Waals surface area (Å²) in [4.78, 5) is 26.3. The first-order valence-corrected chi connectivity index (χ1v) is 5.84. The molecular formula is C12H21NO4. The molecule has 0 radical (unpaired) electrons. The maximum absolute atomic E-state index is 11.3. The normalized spacial score (nSPS) is 13.6. The number of methoxy groups -OCH3 is 1. The molecule has 0 aromatic carbocycles. The summed E-state index contributed by atoms with van der Waals surface area (Å²) in [5, 5.41) is 2.46. The van der Waals surface area contributed by atoms with Gasteiger partial charge in [0.05, 0.1) is 7.11 Å². The van der Waals surface area contributed by atoms with Crippen molar-refractivity contribution in [2.24, 2.45) is 11.3 Å². The quantitative estimate of drug-likeness (QED) is 0.205. The van der Waals surface area contributed by atoms with Crippen molar-refractivity contribution >= 4 is 5.97 Å². The Balaban J connectivity index is 4.40. The van der Waals surface area contributed by atoms with E-state index < -0.39 is 12.1 Å². The highest BCUT2D eigenvalue weighted by molar-refractivity contribution is 5.88. The lowest BCUT2D eigenvalue weighted by Gasteiger charge is -2.21. The molecule has 2 unspecified atom stereocenters. The number of unbranched alkanes of at least 4 members (excludes halogenated alkanes) is 2. The second-order valence-corrected chi connectivity index (χ2v) is 4.02. The highest BCUT2D eigenvalue weighted by atomic mass is 16.7. The van der Waals surface area contributed by atoms with Gasteiger partial charge in [0.2, 0.25) is 0 Å². The average molecular weight is 243 g/mol. The van der Waals surface area contributed by atoms with E-state index in [4.69, 9.17) is 4.84 Å². The summed E-state index contributed by atoms with van der Waals surface area (Å²) in [5.74, 6) is -0.760. The number of carbonyl (C=O) groups excluding carboxylic acids is 1. The number of esters is 1. The van der Waals surface area contributed by atoms with Gasteiger partial charge in [-0.15, -0.1) is 4.91 Å². The van der Waals surface area contributed by atoms with Gasteiger partial charge >= 0.3 is 5.97 Å². The molecule has 5 heteroatoms. The standard InChI is InChI=1S/C12H21NO4/c1-5-6-7-8-11(17-13-15)9(2)10(3)12(14)16-4/h9,11H,3,5-8H2,1-2,4H3. The van der Waals surface area contributed by atoms with Crippen LogP contribution in [0.25, 0.3) is 0 Å². The molecular weight excluding hydrogens is 222 g/mol. The molecule has 0 N–H and O–H groups in total. The van der Waals surface area contributed by atoms with Gasteiger partial charge in [-0.3, -0.25) is 0 Å². The molecule has 0 amide bonds. The maximum Gasteiger partial charge on any atom is 0.333 e. The zero-order valence-corrected chi connectivity index (χ0v) is 10.8. The Morgan fingerprint density at radius 2 is 2.06 bits per heavy atom. The predicted molar refractivity (Wildman–Crippen MR) is 65.1 cm³/mol. The molecule has 5 nitrogen and oxygen atoms in total. The van der Waals surface area contributed by atoms with Crippen LogP contribution >= 0.6 is 0 Å². The summed E-state index contributed by atoms with van der Waals surface area (Å²) in [6.07, 6.45) is 3.32. The van der Waals surface area contributed by atoms with E-state index in [9.17, 15) is 9.70 Å². The number of hydrogen-bond donors (Lipinski definition) is 0. The molecule has 0 fully saturated rings. The van der Waals surface area contributed by atoms with Crippen molar-refractivity contribution in [3.8, 4) is 0 Å². The molecule has 98 valence electrons. The van der Waals surface area contributed by atoms with Crippen molar-refractivity contribution < 1.29 is 14.4 Å². The van der Waals surface area contributed by atoms with E-state index in [0.29, 0.717) is 12.0 Å². The first kappa shape index (κ1) is 15.6. The molecule has 0 saturated heterocycles. The second kappa shape index (κ2) is 8.73. The van der Waals surface area contributed by atoms with Crippen molar-refractivity contribution in [3.63, 3.8) is 0 Å². The van der Waals surface area contributed by atoms with E-state index in [1.165, 1.54) is 7.11 Å². The summed E-state index contributed by atoms with van der Waals surface area (Å²) >= 11 is 0. The van der Waals surface area contributed by atoms with Crippen LogP contribution < -0.4 is 0 Å². The van der Waals surface area contributed by atoms with Gasteiger partial charge in [-0.25, -0.2) is 4.79 Å². The Hall–Kier alpha value is -1.39. The monoisotopic (exact) mass is 243 g/mol. The largest absolute Gasteiger partial charge is 0.466 e. The molecule has 0 saturated carbocycles. The average Bonchev–Trinajstić information content (AvgIpc) is 2.35. The zero-order valence-electron chi connectivity index (χ0n) is 10.8. The molecule has 0 bridgehead atoms. The number of rotatable bonds is 9. The smallest absolute Gasteiger partial charge is 0.333 e. The highest BCUT2D eigenvalue weighted by Crippen LogP contribution is 2.22. The molecule has 0 aromatic rings. The lowest BCUT2D eigenvalue weighted by Crippen LogP contribution is -2.25. The second-order valence-electron chi connectivity index (χ2n) is 4.02. The molecule has 0 spiro atoms. The molecule has 0 heterocycles. The van der Waals surface area contributed by atoms with Crippen LogP contribution in [0, 0.1) is 10.8 Å². The van der Waals surface area contributed by atoms with Crippen molar-refractivity contribution in [1.29, 1.82) is 0 Å². The Labute approximate surface area is 102 Å². The minimum absolute atomic E-state index is 0.281. The van der Waals surface area contributed by atoms with Crippen LogP contribution in [0.15, 0.2) is 17.5 Å². The summed E-state index contributed by atoms with van der Waals surface area (Å²) in [7, 11) is 1.30. The number of carbonyl (C=O) groups is 1. The number of hydrogen-bond acceptors (Lipinski definition) is 5. The van der Waals surface area contributed by atoms with E-state index in [1.807, 2.05) is 0 Å². The van der Waals surface area contributed by atoms with E-state index in [2.05, 4.69) is 23.6 Å². The fourth-order valence-electron chi connectivity index (χ4n) is 1.59. The summed E-state index contributed by atoms with van der Waals surface area (Å²) in [5.41, 5.74) is 0.303. The third-order valence-corrected chi connectivity index (χ3v) is 2.83. The lowest BCUT2D eigenvalue weighted by molar-refractivity contribution is -0.137. The molecule has 0 aliphatic rings. The van der Waals surface area contributed by atoms with Crippen LogP contribution in [0.2, 0.25) is 0 Å². The first-order chi connectivity index (χ1) is 8.08. The van der Waals surface area contributed by atoms with Crippen LogP contribution in [-0.2, 0) is 14.4 Å². The SMILES string of the molecule is C=C(C(=O)OC)C(C)C(CCCCC)ON=O. The van der Waals surface area contributed by atoms with E-state index in [1.54, 1.807) is 6.92 Å². The van der Waals surface area contributed by atoms with Crippen LogP contribution in [0.3, 0.4) is 0 Å². The van der Waals surface area contributed by atoms with Gasteiger partial charge < -0.3 is 9.57 Å². The van der Waals surface area contributed by atoms with Gasteiger partial charge in [-0.05, 0) is 12.8 Å². The Bertz CT molecular complexity index is 265. The number of nitrogens with zero attached hydrogens (tertiary/aromatic N) is 1. The summed E-state index contributed by atoms with van der Waals surface area (Å²) < 4.78 is 4.58. The predicted octanol–water partition coefficient (Wildman–Crippen LogP) is 3.00. The minimum atomic E-state index is -0.479. The maximum atomic E-state index is 11.3. The van der Waals surface area contributed by atoms with Gasteiger partial charge in [0.15, 0.2) is 5.34 Å². The highest BCUT2D eigenvalue weighted by Gasteiger charge is 2.26. The van der Waals surface area contributed by atoms with Gasteiger partial charge in [0, 0.05) is 11.5 Å². The molecule has 2 atom stereocenters. The van der Waals surface area contributed by atoms with Crippen LogP contribution in [0.4, 0.5) is 0 Å². The van der Waals surface area contributed by atoms with Gasteiger partial charge in [-0.1, -0.05) is 33.3 Å². The van der Waals surface area contributed by atoms with Gasteiger partial charge in [0.25, 0.3) is 0 Å². The van der Waals surface area contributed by atoms with E-state index >= 15 is 0 Å². The molecule has 0 aliphatic carbocycles. The molecule has 0 rings (SSSR count). The van der Waals surface area contributed by atoms with Crippen molar-refractivity contribution in [3.05, 3.63) is 17.1 Å². The Kier molecular flexibility index (Phi) is 8.01. The van der Waals surface area contributed by atoms with Gasteiger partial charge in [0.1, 0.15) is 6.10 Å². The summed E-state index contributed by atoms with van der Waals surface area (Å²) in [6, 6.07) is 0.